The van der Waals surface area contributed by atoms with Crippen molar-refractivity contribution < 1.29 is 14.3 Å². The van der Waals surface area contributed by atoms with E-state index < -0.39 is 0 Å². The second kappa shape index (κ2) is 6.70. The number of carbonyl (C=O) groups excluding carboxylic acids is 1. The van der Waals surface area contributed by atoms with Crippen LogP contribution in [0.15, 0.2) is 12.1 Å². The van der Waals surface area contributed by atoms with Gasteiger partial charge in [0.25, 0.3) is 5.91 Å². The van der Waals surface area contributed by atoms with Crippen LogP contribution in [0.4, 0.5) is 5.69 Å². The molecule has 1 amide bonds. The van der Waals surface area contributed by atoms with E-state index in [1.807, 2.05) is 11.8 Å². The van der Waals surface area contributed by atoms with E-state index >= 15 is 0 Å². The van der Waals surface area contributed by atoms with E-state index in [1.165, 1.54) is 20.0 Å². The zero-order chi connectivity index (χ0) is 15.4. The third kappa shape index (κ3) is 3.06. The van der Waals surface area contributed by atoms with E-state index in [2.05, 4.69) is 0 Å². The van der Waals surface area contributed by atoms with Gasteiger partial charge in [-0.3, -0.25) is 4.79 Å². The summed E-state index contributed by atoms with van der Waals surface area (Å²) in [6.45, 7) is 2.69. The summed E-state index contributed by atoms with van der Waals surface area (Å²) in [6.07, 6.45) is 4.51. The van der Waals surface area contributed by atoms with Crippen LogP contribution >= 0.6 is 0 Å². The summed E-state index contributed by atoms with van der Waals surface area (Å²) in [5.41, 5.74) is 6.91. The molecule has 0 heterocycles. The molecule has 2 rings (SSSR count). The van der Waals surface area contributed by atoms with Gasteiger partial charge in [0.05, 0.1) is 25.5 Å². The normalized spacial score (nSPS) is 15.0. The minimum absolute atomic E-state index is 0.0425. The van der Waals surface area contributed by atoms with Gasteiger partial charge in [-0.1, -0.05) is 12.8 Å². The first-order chi connectivity index (χ1) is 10.1. The molecule has 1 aliphatic carbocycles. The van der Waals surface area contributed by atoms with Crippen LogP contribution in [0.1, 0.15) is 43.0 Å². The van der Waals surface area contributed by atoms with Crippen molar-refractivity contribution in [2.75, 3.05) is 26.5 Å². The van der Waals surface area contributed by atoms with E-state index in [9.17, 15) is 4.79 Å². The molecule has 116 valence electrons. The quantitative estimate of drug-likeness (QED) is 0.847. The van der Waals surface area contributed by atoms with Crippen LogP contribution in [-0.2, 0) is 0 Å². The number of anilines is 1. The van der Waals surface area contributed by atoms with Gasteiger partial charge < -0.3 is 20.1 Å². The minimum atomic E-state index is -0.0425. The topological polar surface area (TPSA) is 64.8 Å². The van der Waals surface area contributed by atoms with Gasteiger partial charge in [0.15, 0.2) is 0 Å². The van der Waals surface area contributed by atoms with Crippen LogP contribution in [0.5, 0.6) is 11.5 Å². The largest absolute Gasteiger partial charge is 0.497 e. The molecule has 0 unspecified atom stereocenters. The highest BCUT2D eigenvalue weighted by molar-refractivity contribution is 6.01. The molecular weight excluding hydrogens is 268 g/mol. The molecule has 5 heteroatoms. The molecule has 0 atom stereocenters. The number of methoxy groups -OCH3 is 2. The lowest BCUT2D eigenvalue weighted by Gasteiger charge is -2.28. The van der Waals surface area contributed by atoms with Gasteiger partial charge >= 0.3 is 0 Å². The standard InChI is InChI=1S/C16H24N2O3/c1-4-18(11-7-5-6-8-11)16(19)13-9-12(20-2)10-14(21-3)15(13)17/h9-11H,4-8,17H2,1-3H3. The molecule has 0 radical (unpaired) electrons. The van der Waals surface area contributed by atoms with E-state index in [0.29, 0.717) is 35.3 Å². The van der Waals surface area contributed by atoms with Gasteiger partial charge in [0.2, 0.25) is 0 Å². The number of hydrogen-bond acceptors (Lipinski definition) is 4. The molecule has 1 aromatic carbocycles. The van der Waals surface area contributed by atoms with Crippen molar-refractivity contribution >= 4 is 11.6 Å². The molecular formula is C16H24N2O3. The summed E-state index contributed by atoms with van der Waals surface area (Å²) < 4.78 is 10.5. The number of carbonyl (C=O) groups is 1. The maximum atomic E-state index is 12.9. The molecule has 1 saturated carbocycles. The molecule has 0 aromatic heterocycles. The number of amides is 1. The first-order valence-electron chi connectivity index (χ1n) is 7.44. The zero-order valence-electron chi connectivity index (χ0n) is 13.0. The van der Waals surface area contributed by atoms with Crippen LogP contribution in [-0.4, -0.2) is 37.6 Å². The van der Waals surface area contributed by atoms with Gasteiger partial charge in [0.1, 0.15) is 11.5 Å². The molecule has 1 aliphatic rings. The molecule has 0 spiro atoms. The summed E-state index contributed by atoms with van der Waals surface area (Å²) in [5.74, 6) is 1.01. The number of rotatable bonds is 5. The smallest absolute Gasteiger partial charge is 0.256 e. The Kier molecular flexibility index (Phi) is 4.94. The van der Waals surface area contributed by atoms with Crippen LogP contribution < -0.4 is 15.2 Å². The summed E-state index contributed by atoms with van der Waals surface area (Å²) in [4.78, 5) is 14.8. The lowest BCUT2D eigenvalue weighted by Crippen LogP contribution is -2.39. The Morgan fingerprint density at radius 1 is 1.29 bits per heavy atom. The summed E-state index contributed by atoms with van der Waals surface area (Å²) >= 11 is 0. The highest BCUT2D eigenvalue weighted by Crippen LogP contribution is 2.33. The van der Waals surface area contributed by atoms with E-state index in [-0.39, 0.29) is 5.91 Å². The van der Waals surface area contributed by atoms with E-state index in [0.717, 1.165) is 12.8 Å². The molecule has 0 aliphatic heterocycles. The number of ether oxygens (including phenoxy) is 2. The van der Waals surface area contributed by atoms with Crippen LogP contribution in [0, 0.1) is 0 Å². The predicted molar refractivity (Wildman–Crippen MR) is 82.9 cm³/mol. The van der Waals surface area contributed by atoms with Crippen molar-refractivity contribution in [2.24, 2.45) is 0 Å². The van der Waals surface area contributed by atoms with Gasteiger partial charge in [-0.05, 0) is 25.8 Å². The molecule has 1 fully saturated rings. The van der Waals surface area contributed by atoms with Crippen molar-refractivity contribution in [3.05, 3.63) is 17.7 Å². The summed E-state index contributed by atoms with van der Waals surface area (Å²) in [6, 6.07) is 3.70. The van der Waals surface area contributed by atoms with Gasteiger partial charge in [-0.15, -0.1) is 0 Å². The molecule has 21 heavy (non-hydrogen) atoms. The Balaban J connectivity index is 2.36. The second-order valence-electron chi connectivity index (χ2n) is 5.32. The fourth-order valence-corrected chi connectivity index (χ4v) is 3.00. The zero-order valence-corrected chi connectivity index (χ0v) is 13.0. The Bertz CT molecular complexity index is 510. The third-order valence-electron chi connectivity index (χ3n) is 4.17. The summed E-state index contributed by atoms with van der Waals surface area (Å²) in [7, 11) is 3.10. The average molecular weight is 292 g/mol. The first-order valence-corrected chi connectivity index (χ1v) is 7.44. The van der Waals surface area contributed by atoms with Crippen molar-refractivity contribution in [1.82, 2.24) is 4.90 Å². The Morgan fingerprint density at radius 3 is 2.48 bits per heavy atom. The number of nitrogens with zero attached hydrogens (tertiary/aromatic N) is 1. The average Bonchev–Trinajstić information content (AvgIpc) is 3.02. The Labute approximate surface area is 126 Å². The van der Waals surface area contributed by atoms with Crippen molar-refractivity contribution in [3.8, 4) is 11.5 Å². The van der Waals surface area contributed by atoms with Gasteiger partial charge in [-0.2, -0.15) is 0 Å². The number of hydrogen-bond donors (Lipinski definition) is 1. The highest BCUT2D eigenvalue weighted by atomic mass is 16.5. The van der Waals surface area contributed by atoms with Crippen molar-refractivity contribution in [1.29, 1.82) is 0 Å². The first kappa shape index (κ1) is 15.5. The minimum Gasteiger partial charge on any atom is -0.497 e. The van der Waals surface area contributed by atoms with Crippen LogP contribution in [0.25, 0.3) is 0 Å². The lowest BCUT2D eigenvalue weighted by molar-refractivity contribution is 0.0694. The monoisotopic (exact) mass is 292 g/mol. The molecule has 2 N–H and O–H groups in total. The third-order valence-corrected chi connectivity index (χ3v) is 4.17. The van der Waals surface area contributed by atoms with Crippen LogP contribution in [0.3, 0.4) is 0 Å². The number of nitrogen functional groups attached to an aromatic ring is 1. The second-order valence-corrected chi connectivity index (χ2v) is 5.32. The number of nitrogens with two attached hydrogens (primary N) is 1. The molecule has 0 bridgehead atoms. The maximum Gasteiger partial charge on any atom is 0.256 e. The fourth-order valence-electron chi connectivity index (χ4n) is 3.00. The molecule has 1 aromatic rings. The van der Waals surface area contributed by atoms with E-state index in [4.69, 9.17) is 15.2 Å². The lowest BCUT2D eigenvalue weighted by atomic mass is 10.1. The predicted octanol–water partition coefficient (Wildman–Crippen LogP) is 2.69. The number of benzene rings is 1. The Hall–Kier alpha value is -1.91. The maximum absolute atomic E-state index is 12.9. The summed E-state index contributed by atoms with van der Waals surface area (Å²) in [5, 5.41) is 0. The highest BCUT2D eigenvalue weighted by Gasteiger charge is 2.28. The molecule has 5 nitrogen and oxygen atoms in total. The van der Waals surface area contributed by atoms with Crippen molar-refractivity contribution in [2.45, 2.75) is 38.6 Å². The fraction of sp³-hybridized carbons (Fsp3) is 0.562. The van der Waals surface area contributed by atoms with Gasteiger partial charge in [0, 0.05) is 18.7 Å². The van der Waals surface area contributed by atoms with E-state index in [1.54, 1.807) is 19.2 Å². The molecule has 0 saturated heterocycles. The van der Waals surface area contributed by atoms with Crippen LogP contribution in [0.2, 0.25) is 0 Å². The van der Waals surface area contributed by atoms with Gasteiger partial charge in [-0.25, -0.2) is 0 Å². The Morgan fingerprint density at radius 2 is 1.95 bits per heavy atom. The SMILES string of the molecule is CCN(C(=O)c1cc(OC)cc(OC)c1N)C1CCCC1. The van der Waals surface area contributed by atoms with Crippen molar-refractivity contribution in [3.63, 3.8) is 0 Å².